The second kappa shape index (κ2) is 4.43. The fourth-order valence-electron chi connectivity index (χ4n) is 2.04. The Hall–Kier alpha value is -0.380. The summed E-state index contributed by atoms with van der Waals surface area (Å²) in [6.45, 7) is 2.17. The Morgan fingerprint density at radius 2 is 2.36 bits per heavy atom. The Labute approximate surface area is 92.5 Å². The van der Waals surface area contributed by atoms with Gasteiger partial charge in [-0.1, -0.05) is 28.1 Å². The summed E-state index contributed by atoms with van der Waals surface area (Å²) in [5.74, 6) is 0.459. The molecule has 76 valence electrons. The van der Waals surface area contributed by atoms with Gasteiger partial charge in [-0.3, -0.25) is 0 Å². The molecule has 0 saturated heterocycles. The maximum absolute atomic E-state index is 8.97. The molecule has 0 amide bonds. The van der Waals surface area contributed by atoms with Crippen LogP contribution in [0.2, 0.25) is 0 Å². The van der Waals surface area contributed by atoms with Gasteiger partial charge in [0.25, 0.3) is 0 Å². The van der Waals surface area contributed by atoms with Crippen molar-refractivity contribution < 1.29 is 5.11 Å². The summed E-state index contributed by atoms with van der Waals surface area (Å²) in [4.78, 5) is 0. The fourth-order valence-corrected chi connectivity index (χ4v) is 2.56. The van der Waals surface area contributed by atoms with Gasteiger partial charge in [0.05, 0.1) is 0 Å². The minimum atomic E-state index is 0.262. The van der Waals surface area contributed by atoms with E-state index in [1.807, 2.05) is 0 Å². The average molecular weight is 256 g/mol. The molecule has 0 aliphatic carbocycles. The van der Waals surface area contributed by atoms with Gasteiger partial charge < -0.3 is 10.4 Å². The highest BCUT2D eigenvalue weighted by molar-refractivity contribution is 9.10. The molecule has 0 fully saturated rings. The van der Waals surface area contributed by atoms with Crippen molar-refractivity contribution in [1.82, 2.24) is 5.32 Å². The van der Waals surface area contributed by atoms with E-state index in [-0.39, 0.29) is 6.61 Å². The van der Waals surface area contributed by atoms with Crippen LogP contribution in [0.25, 0.3) is 0 Å². The van der Waals surface area contributed by atoms with Crippen LogP contribution in [0.5, 0.6) is 0 Å². The molecule has 2 rings (SSSR count). The average Bonchev–Trinajstić information content (AvgIpc) is 2.20. The van der Waals surface area contributed by atoms with Crippen LogP contribution < -0.4 is 5.32 Å². The quantitative estimate of drug-likeness (QED) is 0.848. The van der Waals surface area contributed by atoms with Crippen molar-refractivity contribution in [2.24, 2.45) is 0 Å². The maximum Gasteiger partial charge on any atom is 0.0437 e. The first-order valence-electron chi connectivity index (χ1n) is 4.92. The van der Waals surface area contributed by atoms with E-state index in [1.165, 1.54) is 15.6 Å². The molecule has 0 saturated carbocycles. The predicted octanol–water partition coefficient (Wildman–Crippen LogP) is 2.02. The van der Waals surface area contributed by atoms with Crippen LogP contribution in [0.4, 0.5) is 0 Å². The molecule has 0 radical (unpaired) electrons. The molecule has 2 nitrogen and oxygen atoms in total. The lowest BCUT2D eigenvalue weighted by molar-refractivity contribution is 0.271. The first-order valence-corrected chi connectivity index (χ1v) is 5.71. The predicted molar refractivity (Wildman–Crippen MR) is 60.3 cm³/mol. The summed E-state index contributed by atoms with van der Waals surface area (Å²) in [6.07, 6.45) is 0.844. The zero-order chi connectivity index (χ0) is 9.97. The van der Waals surface area contributed by atoms with E-state index in [1.54, 1.807) is 0 Å². The zero-order valence-electron chi connectivity index (χ0n) is 7.96. The van der Waals surface area contributed by atoms with E-state index in [2.05, 4.69) is 39.4 Å². The van der Waals surface area contributed by atoms with E-state index in [0.717, 1.165) is 19.5 Å². The molecule has 0 bridgehead atoms. The van der Waals surface area contributed by atoms with Crippen LogP contribution in [0.15, 0.2) is 22.7 Å². The Kier molecular flexibility index (Phi) is 3.21. The Morgan fingerprint density at radius 1 is 1.50 bits per heavy atom. The van der Waals surface area contributed by atoms with Crippen LogP contribution in [0.3, 0.4) is 0 Å². The van der Waals surface area contributed by atoms with Crippen LogP contribution >= 0.6 is 15.9 Å². The molecular formula is C11H14BrNO. The number of hydrogen-bond donors (Lipinski definition) is 2. The molecule has 0 unspecified atom stereocenters. The van der Waals surface area contributed by atoms with Crippen molar-refractivity contribution in [1.29, 1.82) is 0 Å². The molecule has 1 aromatic carbocycles. The normalized spacial score (nSPS) is 20.6. The number of benzene rings is 1. The second-order valence-electron chi connectivity index (χ2n) is 3.65. The van der Waals surface area contributed by atoms with Gasteiger partial charge in [0, 0.05) is 24.2 Å². The van der Waals surface area contributed by atoms with E-state index in [4.69, 9.17) is 5.11 Å². The molecule has 1 aromatic rings. The highest BCUT2D eigenvalue weighted by Gasteiger charge is 2.20. The summed E-state index contributed by atoms with van der Waals surface area (Å²) in [5, 5.41) is 12.3. The number of aliphatic hydroxyl groups excluding tert-OH is 1. The molecule has 1 atom stereocenters. The van der Waals surface area contributed by atoms with Crippen LogP contribution in [0, 0.1) is 0 Å². The van der Waals surface area contributed by atoms with Gasteiger partial charge in [0.15, 0.2) is 0 Å². The van der Waals surface area contributed by atoms with Gasteiger partial charge in [-0.15, -0.1) is 0 Å². The Bertz CT molecular complexity index is 327. The van der Waals surface area contributed by atoms with Crippen molar-refractivity contribution in [2.75, 3.05) is 13.2 Å². The lowest BCUT2D eigenvalue weighted by atomic mass is 9.89. The topological polar surface area (TPSA) is 32.3 Å². The number of fused-ring (bicyclic) bond motifs is 1. The SMILES string of the molecule is OCC[C@H]1CNCc2c(Br)cccc21. The number of rotatable bonds is 2. The highest BCUT2D eigenvalue weighted by Crippen LogP contribution is 2.30. The molecule has 1 aliphatic rings. The molecule has 1 heterocycles. The third-order valence-corrected chi connectivity index (χ3v) is 3.51. The van der Waals surface area contributed by atoms with Gasteiger partial charge in [-0.25, -0.2) is 0 Å². The van der Waals surface area contributed by atoms with Crippen molar-refractivity contribution in [2.45, 2.75) is 18.9 Å². The molecule has 0 aromatic heterocycles. The Balaban J connectivity index is 2.34. The van der Waals surface area contributed by atoms with Gasteiger partial charge in [0.2, 0.25) is 0 Å². The zero-order valence-corrected chi connectivity index (χ0v) is 9.55. The van der Waals surface area contributed by atoms with Crippen LogP contribution in [-0.2, 0) is 6.54 Å². The maximum atomic E-state index is 8.97. The third kappa shape index (κ3) is 1.85. The van der Waals surface area contributed by atoms with Gasteiger partial charge in [-0.05, 0) is 29.5 Å². The lowest BCUT2D eigenvalue weighted by Gasteiger charge is -2.26. The van der Waals surface area contributed by atoms with E-state index in [9.17, 15) is 0 Å². The lowest BCUT2D eigenvalue weighted by Crippen LogP contribution is -2.29. The van der Waals surface area contributed by atoms with Crippen molar-refractivity contribution in [3.05, 3.63) is 33.8 Å². The largest absolute Gasteiger partial charge is 0.396 e. The van der Waals surface area contributed by atoms with Crippen molar-refractivity contribution in [3.63, 3.8) is 0 Å². The smallest absolute Gasteiger partial charge is 0.0437 e. The molecular weight excluding hydrogens is 242 g/mol. The second-order valence-corrected chi connectivity index (χ2v) is 4.50. The summed E-state index contributed by atoms with van der Waals surface area (Å²) in [5.41, 5.74) is 2.73. The first-order chi connectivity index (χ1) is 6.83. The molecule has 1 aliphatic heterocycles. The molecule has 0 spiro atoms. The van der Waals surface area contributed by atoms with Gasteiger partial charge >= 0.3 is 0 Å². The van der Waals surface area contributed by atoms with E-state index < -0.39 is 0 Å². The number of halogens is 1. The van der Waals surface area contributed by atoms with Crippen molar-refractivity contribution >= 4 is 15.9 Å². The number of aliphatic hydroxyl groups is 1. The Morgan fingerprint density at radius 3 is 3.14 bits per heavy atom. The van der Waals surface area contributed by atoms with Crippen molar-refractivity contribution in [3.8, 4) is 0 Å². The van der Waals surface area contributed by atoms with Gasteiger partial charge in [-0.2, -0.15) is 0 Å². The minimum absolute atomic E-state index is 0.262. The van der Waals surface area contributed by atoms with Gasteiger partial charge in [0.1, 0.15) is 0 Å². The summed E-state index contributed by atoms with van der Waals surface area (Å²) >= 11 is 3.56. The minimum Gasteiger partial charge on any atom is -0.396 e. The summed E-state index contributed by atoms with van der Waals surface area (Å²) in [6, 6.07) is 6.31. The third-order valence-electron chi connectivity index (χ3n) is 2.76. The highest BCUT2D eigenvalue weighted by atomic mass is 79.9. The van der Waals surface area contributed by atoms with E-state index >= 15 is 0 Å². The fraction of sp³-hybridized carbons (Fsp3) is 0.455. The van der Waals surface area contributed by atoms with Crippen LogP contribution in [-0.4, -0.2) is 18.3 Å². The monoisotopic (exact) mass is 255 g/mol. The first kappa shape index (κ1) is 10.1. The summed E-state index contributed by atoms with van der Waals surface area (Å²) < 4.78 is 1.17. The standard InChI is InChI=1S/C11H14BrNO/c12-11-3-1-2-9-8(4-5-14)6-13-7-10(9)11/h1-3,8,13-14H,4-7H2/t8-/m0/s1. The molecule has 3 heteroatoms. The molecule has 2 N–H and O–H groups in total. The molecule has 14 heavy (non-hydrogen) atoms. The van der Waals surface area contributed by atoms with E-state index in [0.29, 0.717) is 5.92 Å². The number of hydrogen-bond acceptors (Lipinski definition) is 2. The summed E-state index contributed by atoms with van der Waals surface area (Å²) in [7, 11) is 0. The van der Waals surface area contributed by atoms with Crippen LogP contribution in [0.1, 0.15) is 23.5 Å². The number of nitrogens with one attached hydrogen (secondary N) is 1.